The molecule has 1 aromatic heterocycles. The van der Waals surface area contributed by atoms with E-state index < -0.39 is 30.3 Å². The number of ketones is 1. The second-order valence-corrected chi connectivity index (χ2v) is 7.93. The number of nitrogens with one attached hydrogen (secondary N) is 2. The van der Waals surface area contributed by atoms with Gasteiger partial charge in [-0.3, -0.25) is 14.4 Å². The standard InChI is InChI=1S/C23H28N2O6/c1-14(2)12-20(27)24-17-9-7-16(8-10-17)18(26)13-31-23(29)21(15(3)4)25-22(28)19-6-5-11-30-19/h5-11,14-15,21H,12-13H2,1-4H3,(H,24,27)(H,25,28)/t21-/m0/s1. The summed E-state index contributed by atoms with van der Waals surface area (Å²) < 4.78 is 10.2. The second-order valence-electron chi connectivity index (χ2n) is 7.93. The molecule has 0 aliphatic carbocycles. The number of furan rings is 1. The number of anilines is 1. The van der Waals surface area contributed by atoms with Crippen LogP contribution in [-0.4, -0.2) is 36.2 Å². The minimum atomic E-state index is -0.927. The molecule has 31 heavy (non-hydrogen) atoms. The highest BCUT2D eigenvalue weighted by atomic mass is 16.5. The molecule has 2 amide bonds. The third-order valence-corrected chi connectivity index (χ3v) is 4.38. The van der Waals surface area contributed by atoms with Crippen LogP contribution in [0.15, 0.2) is 47.1 Å². The van der Waals surface area contributed by atoms with Crippen LogP contribution in [0.3, 0.4) is 0 Å². The van der Waals surface area contributed by atoms with E-state index in [1.54, 1.807) is 44.2 Å². The maximum atomic E-state index is 12.4. The Morgan fingerprint density at radius 1 is 1.00 bits per heavy atom. The van der Waals surface area contributed by atoms with Gasteiger partial charge in [0.25, 0.3) is 5.91 Å². The van der Waals surface area contributed by atoms with Gasteiger partial charge in [0.15, 0.2) is 18.2 Å². The van der Waals surface area contributed by atoms with Crippen molar-refractivity contribution < 1.29 is 28.3 Å². The number of hydrogen-bond donors (Lipinski definition) is 2. The average molecular weight is 428 g/mol. The summed E-state index contributed by atoms with van der Waals surface area (Å²) in [7, 11) is 0. The van der Waals surface area contributed by atoms with Crippen molar-refractivity contribution in [3.8, 4) is 0 Å². The predicted molar refractivity (Wildman–Crippen MR) is 115 cm³/mol. The van der Waals surface area contributed by atoms with Crippen LogP contribution in [0.5, 0.6) is 0 Å². The third-order valence-electron chi connectivity index (χ3n) is 4.38. The van der Waals surface area contributed by atoms with E-state index in [1.165, 1.54) is 12.3 Å². The Labute approximate surface area is 181 Å². The van der Waals surface area contributed by atoms with Crippen LogP contribution in [0.4, 0.5) is 5.69 Å². The molecule has 1 aromatic carbocycles. The molecule has 0 saturated carbocycles. The predicted octanol–water partition coefficient (Wildman–Crippen LogP) is 3.44. The van der Waals surface area contributed by atoms with Crippen molar-refractivity contribution in [1.29, 1.82) is 0 Å². The van der Waals surface area contributed by atoms with Gasteiger partial charge in [-0.1, -0.05) is 27.7 Å². The van der Waals surface area contributed by atoms with Gasteiger partial charge in [0.2, 0.25) is 5.91 Å². The second kappa shape index (κ2) is 11.1. The van der Waals surface area contributed by atoms with E-state index in [9.17, 15) is 19.2 Å². The fourth-order valence-electron chi connectivity index (χ4n) is 2.75. The maximum absolute atomic E-state index is 12.4. The lowest BCUT2D eigenvalue weighted by atomic mass is 10.0. The van der Waals surface area contributed by atoms with Crippen molar-refractivity contribution in [3.63, 3.8) is 0 Å². The van der Waals surface area contributed by atoms with Gasteiger partial charge in [0, 0.05) is 17.7 Å². The minimum Gasteiger partial charge on any atom is -0.459 e. The number of hydrogen-bond acceptors (Lipinski definition) is 6. The van der Waals surface area contributed by atoms with Crippen molar-refractivity contribution >= 4 is 29.3 Å². The van der Waals surface area contributed by atoms with E-state index in [1.807, 2.05) is 13.8 Å². The molecule has 2 aromatic rings. The van der Waals surface area contributed by atoms with Gasteiger partial charge in [-0.25, -0.2) is 4.79 Å². The summed E-state index contributed by atoms with van der Waals surface area (Å²) in [6, 6.07) is 8.47. The van der Waals surface area contributed by atoms with Crippen molar-refractivity contribution in [2.24, 2.45) is 11.8 Å². The topological polar surface area (TPSA) is 115 Å². The van der Waals surface area contributed by atoms with E-state index in [4.69, 9.17) is 9.15 Å². The van der Waals surface area contributed by atoms with E-state index in [-0.39, 0.29) is 23.5 Å². The molecule has 2 N–H and O–H groups in total. The fraction of sp³-hybridized carbons (Fsp3) is 0.391. The van der Waals surface area contributed by atoms with E-state index >= 15 is 0 Å². The molecule has 2 rings (SSSR count). The summed E-state index contributed by atoms with van der Waals surface area (Å²) in [4.78, 5) is 48.7. The number of esters is 1. The molecular weight excluding hydrogens is 400 g/mol. The minimum absolute atomic E-state index is 0.0788. The lowest BCUT2D eigenvalue weighted by molar-refractivity contribution is -0.146. The Morgan fingerprint density at radius 2 is 1.68 bits per heavy atom. The molecule has 0 fully saturated rings. The average Bonchev–Trinajstić information content (AvgIpc) is 3.24. The number of ether oxygens (including phenoxy) is 1. The molecule has 0 radical (unpaired) electrons. The lowest BCUT2D eigenvalue weighted by Crippen LogP contribution is -2.45. The van der Waals surface area contributed by atoms with Gasteiger partial charge in [0.05, 0.1) is 6.26 Å². The molecule has 0 aliphatic heterocycles. The summed E-state index contributed by atoms with van der Waals surface area (Å²) in [5.41, 5.74) is 0.926. The van der Waals surface area contributed by atoms with Gasteiger partial charge in [-0.2, -0.15) is 0 Å². The zero-order valence-electron chi connectivity index (χ0n) is 18.1. The number of rotatable bonds is 10. The molecule has 0 unspecified atom stereocenters. The SMILES string of the molecule is CC(C)CC(=O)Nc1ccc(C(=O)COC(=O)[C@@H](NC(=O)c2ccco2)C(C)C)cc1. The Hall–Kier alpha value is -3.42. The molecule has 166 valence electrons. The van der Waals surface area contributed by atoms with Gasteiger partial charge >= 0.3 is 5.97 Å². The van der Waals surface area contributed by atoms with Gasteiger partial charge < -0.3 is 19.8 Å². The third kappa shape index (κ3) is 7.40. The van der Waals surface area contributed by atoms with Crippen molar-refractivity contribution in [3.05, 3.63) is 54.0 Å². The summed E-state index contributed by atoms with van der Waals surface area (Å²) in [6.07, 6.45) is 1.77. The van der Waals surface area contributed by atoms with Crippen LogP contribution in [0.1, 0.15) is 55.0 Å². The first-order chi connectivity index (χ1) is 14.7. The molecular formula is C23H28N2O6. The van der Waals surface area contributed by atoms with Crippen LogP contribution in [0.2, 0.25) is 0 Å². The summed E-state index contributed by atoms with van der Waals surface area (Å²) in [6.45, 7) is 6.95. The Balaban J connectivity index is 1.90. The van der Waals surface area contributed by atoms with Crippen LogP contribution in [0, 0.1) is 11.8 Å². The lowest BCUT2D eigenvalue weighted by Gasteiger charge is -2.20. The number of benzene rings is 1. The smallest absolute Gasteiger partial charge is 0.329 e. The molecule has 1 atom stereocenters. The molecule has 0 bridgehead atoms. The molecule has 0 saturated heterocycles. The van der Waals surface area contributed by atoms with Crippen LogP contribution >= 0.6 is 0 Å². The molecule has 1 heterocycles. The highest BCUT2D eigenvalue weighted by molar-refractivity contribution is 5.99. The number of amides is 2. The van der Waals surface area contributed by atoms with Gasteiger partial charge in [0.1, 0.15) is 6.04 Å². The van der Waals surface area contributed by atoms with Crippen LogP contribution in [0.25, 0.3) is 0 Å². The van der Waals surface area contributed by atoms with E-state index in [0.29, 0.717) is 17.7 Å². The monoisotopic (exact) mass is 428 g/mol. The summed E-state index contributed by atoms with van der Waals surface area (Å²) in [5, 5.41) is 5.33. The maximum Gasteiger partial charge on any atom is 0.329 e. The quantitative estimate of drug-likeness (QED) is 0.442. The number of carbonyl (C=O) groups excluding carboxylic acids is 4. The molecule has 0 spiro atoms. The van der Waals surface area contributed by atoms with Crippen LogP contribution in [-0.2, 0) is 14.3 Å². The van der Waals surface area contributed by atoms with Crippen molar-refractivity contribution in [2.45, 2.75) is 40.2 Å². The summed E-state index contributed by atoms with van der Waals surface area (Å²) in [5.74, 6) is -1.67. The Morgan fingerprint density at radius 3 is 2.23 bits per heavy atom. The largest absolute Gasteiger partial charge is 0.459 e. The van der Waals surface area contributed by atoms with Crippen molar-refractivity contribution in [1.82, 2.24) is 5.32 Å². The van der Waals surface area contributed by atoms with E-state index in [2.05, 4.69) is 10.6 Å². The highest BCUT2D eigenvalue weighted by Gasteiger charge is 2.27. The normalized spacial score (nSPS) is 11.8. The Bertz CT molecular complexity index is 901. The zero-order valence-corrected chi connectivity index (χ0v) is 18.1. The number of Topliss-reactive ketones (excluding diaryl/α,β-unsaturated/α-hetero) is 1. The first kappa shape index (κ1) is 23.9. The molecule has 0 aliphatic rings. The fourth-order valence-corrected chi connectivity index (χ4v) is 2.75. The van der Waals surface area contributed by atoms with Gasteiger partial charge in [-0.05, 0) is 48.2 Å². The summed E-state index contributed by atoms with van der Waals surface area (Å²) >= 11 is 0. The number of carbonyl (C=O) groups is 4. The first-order valence-corrected chi connectivity index (χ1v) is 10.1. The molecule has 8 nitrogen and oxygen atoms in total. The zero-order chi connectivity index (χ0) is 23.0. The highest BCUT2D eigenvalue weighted by Crippen LogP contribution is 2.13. The Kier molecular flexibility index (Phi) is 8.54. The molecule has 8 heteroatoms. The first-order valence-electron chi connectivity index (χ1n) is 10.1. The van der Waals surface area contributed by atoms with E-state index in [0.717, 1.165) is 0 Å². The van der Waals surface area contributed by atoms with Gasteiger partial charge in [-0.15, -0.1) is 0 Å². The van der Waals surface area contributed by atoms with Crippen LogP contribution < -0.4 is 10.6 Å². The van der Waals surface area contributed by atoms with Crippen molar-refractivity contribution in [2.75, 3.05) is 11.9 Å².